The van der Waals surface area contributed by atoms with Crippen LogP contribution in [0.25, 0.3) is 0 Å². The van der Waals surface area contributed by atoms with Crippen LogP contribution in [0.15, 0.2) is 28.3 Å². The molecule has 0 saturated heterocycles. The molecule has 2 rings (SSSR count). The summed E-state index contributed by atoms with van der Waals surface area (Å²) in [6.07, 6.45) is 1.69. The Morgan fingerprint density at radius 1 is 1.47 bits per heavy atom. The smallest absolute Gasteiger partial charge is 0.140 e. The van der Waals surface area contributed by atoms with E-state index in [9.17, 15) is 0 Å². The first-order chi connectivity index (χ1) is 7.24. The Morgan fingerprint density at radius 2 is 2.33 bits per heavy atom. The second-order valence-corrected chi connectivity index (χ2v) is 4.74. The molecular weight excluding hydrogens is 276 g/mol. The van der Waals surface area contributed by atoms with Gasteiger partial charge in [-0.05, 0) is 35.0 Å². The monoisotopic (exact) mass is 284 g/mol. The summed E-state index contributed by atoms with van der Waals surface area (Å²) in [6.45, 7) is 2.48. The van der Waals surface area contributed by atoms with Gasteiger partial charge >= 0.3 is 0 Å². The Morgan fingerprint density at radius 3 is 2.93 bits per heavy atom. The lowest BCUT2D eigenvalue weighted by molar-refractivity contribution is 0.304. The summed E-state index contributed by atoms with van der Waals surface area (Å²) in [5, 5.41) is 2.99. The van der Waals surface area contributed by atoms with Gasteiger partial charge in [-0.1, -0.05) is 0 Å². The maximum absolute atomic E-state index is 5.52. The van der Waals surface area contributed by atoms with Crippen molar-refractivity contribution >= 4 is 27.3 Å². The summed E-state index contributed by atoms with van der Waals surface area (Å²) >= 11 is 4.87. The van der Waals surface area contributed by atoms with Crippen LogP contribution in [0.2, 0.25) is 0 Å². The largest absolute Gasteiger partial charge is 0.485 e. The number of ether oxygens (including phenoxy) is 1. The fourth-order valence-electron chi connectivity index (χ4n) is 1.06. The Hall–Kier alpha value is -0.940. The number of halogens is 1. The fourth-order valence-corrected chi connectivity index (χ4v) is 1.98. The first-order valence-electron chi connectivity index (χ1n) is 4.39. The molecule has 0 unspecified atom stereocenters. The summed E-state index contributed by atoms with van der Waals surface area (Å²) in [7, 11) is 0. The number of thiazole rings is 1. The zero-order chi connectivity index (χ0) is 10.7. The maximum atomic E-state index is 5.52. The predicted octanol–water partition coefficient (Wildman–Crippen LogP) is 3.19. The SMILES string of the molecule is Cc1csc(COc2ccc(Br)nc2)n1. The molecule has 0 aliphatic heterocycles. The van der Waals surface area contributed by atoms with Crippen LogP contribution >= 0.6 is 27.3 Å². The molecule has 15 heavy (non-hydrogen) atoms. The van der Waals surface area contributed by atoms with Crippen molar-refractivity contribution in [3.05, 3.63) is 39.0 Å². The molecule has 0 bridgehead atoms. The maximum Gasteiger partial charge on any atom is 0.140 e. The van der Waals surface area contributed by atoms with Gasteiger partial charge < -0.3 is 4.74 Å². The van der Waals surface area contributed by atoms with Crippen molar-refractivity contribution in [2.75, 3.05) is 0 Å². The van der Waals surface area contributed by atoms with E-state index in [1.54, 1.807) is 17.5 Å². The molecule has 5 heteroatoms. The third kappa shape index (κ3) is 3.00. The van der Waals surface area contributed by atoms with Crippen LogP contribution in [0.5, 0.6) is 5.75 Å². The van der Waals surface area contributed by atoms with Gasteiger partial charge in [0.1, 0.15) is 22.0 Å². The molecule has 0 aliphatic rings. The lowest BCUT2D eigenvalue weighted by Crippen LogP contribution is -1.95. The van der Waals surface area contributed by atoms with Crippen molar-refractivity contribution in [2.24, 2.45) is 0 Å². The van der Waals surface area contributed by atoms with E-state index in [4.69, 9.17) is 4.74 Å². The molecule has 0 aliphatic carbocycles. The van der Waals surface area contributed by atoms with Crippen LogP contribution in [0, 0.1) is 6.92 Å². The van der Waals surface area contributed by atoms with E-state index in [1.807, 2.05) is 24.4 Å². The molecule has 0 amide bonds. The van der Waals surface area contributed by atoms with Crippen molar-refractivity contribution in [3.63, 3.8) is 0 Å². The Labute approximate surface area is 100 Å². The molecule has 0 aromatic carbocycles. The minimum Gasteiger partial charge on any atom is -0.485 e. The topological polar surface area (TPSA) is 35.0 Å². The highest BCUT2D eigenvalue weighted by atomic mass is 79.9. The van der Waals surface area contributed by atoms with Gasteiger partial charge in [0.25, 0.3) is 0 Å². The third-order valence-electron chi connectivity index (χ3n) is 1.73. The molecule has 2 aromatic heterocycles. The van der Waals surface area contributed by atoms with Gasteiger partial charge in [0.15, 0.2) is 0 Å². The summed E-state index contributed by atoms with van der Waals surface area (Å²) in [5.41, 5.74) is 1.03. The van der Waals surface area contributed by atoms with Crippen molar-refractivity contribution in [1.82, 2.24) is 9.97 Å². The average Bonchev–Trinajstić information content (AvgIpc) is 2.64. The van der Waals surface area contributed by atoms with Crippen LogP contribution in [0.3, 0.4) is 0 Å². The number of pyridine rings is 1. The molecule has 0 N–H and O–H groups in total. The van der Waals surface area contributed by atoms with E-state index in [1.165, 1.54) is 0 Å². The van der Waals surface area contributed by atoms with E-state index in [2.05, 4.69) is 25.9 Å². The quantitative estimate of drug-likeness (QED) is 0.812. The van der Waals surface area contributed by atoms with Gasteiger partial charge in [-0.25, -0.2) is 9.97 Å². The van der Waals surface area contributed by atoms with Gasteiger partial charge in [0, 0.05) is 11.1 Å². The number of aromatic nitrogens is 2. The highest BCUT2D eigenvalue weighted by Gasteiger charge is 2.00. The molecule has 2 heterocycles. The van der Waals surface area contributed by atoms with E-state index in [0.29, 0.717) is 6.61 Å². The van der Waals surface area contributed by atoms with E-state index >= 15 is 0 Å². The molecule has 0 atom stereocenters. The number of nitrogens with zero attached hydrogens (tertiary/aromatic N) is 2. The number of hydrogen-bond donors (Lipinski definition) is 0. The van der Waals surface area contributed by atoms with Crippen molar-refractivity contribution in [2.45, 2.75) is 13.5 Å². The molecule has 3 nitrogen and oxygen atoms in total. The van der Waals surface area contributed by atoms with Gasteiger partial charge in [0.05, 0.1) is 6.20 Å². The number of hydrogen-bond acceptors (Lipinski definition) is 4. The number of aryl methyl sites for hydroxylation is 1. The minimum atomic E-state index is 0.502. The minimum absolute atomic E-state index is 0.502. The standard InChI is InChI=1S/C10H9BrN2OS/c1-7-6-15-10(13-7)5-14-8-2-3-9(11)12-4-8/h2-4,6H,5H2,1H3. The van der Waals surface area contributed by atoms with Crippen LogP contribution in [-0.4, -0.2) is 9.97 Å². The molecule has 0 spiro atoms. The van der Waals surface area contributed by atoms with Crippen molar-refractivity contribution in [3.8, 4) is 5.75 Å². The summed E-state index contributed by atoms with van der Waals surface area (Å²) in [5.74, 6) is 0.756. The fraction of sp³-hybridized carbons (Fsp3) is 0.200. The Kier molecular flexibility index (Phi) is 3.33. The lowest BCUT2D eigenvalue weighted by atomic mass is 10.5. The van der Waals surface area contributed by atoms with Crippen molar-refractivity contribution < 1.29 is 4.74 Å². The first kappa shape index (κ1) is 10.6. The first-order valence-corrected chi connectivity index (χ1v) is 6.06. The highest BCUT2D eigenvalue weighted by molar-refractivity contribution is 9.10. The van der Waals surface area contributed by atoms with Crippen LogP contribution in [0.4, 0.5) is 0 Å². The summed E-state index contributed by atoms with van der Waals surface area (Å²) in [6, 6.07) is 3.72. The molecule has 0 fully saturated rings. The van der Waals surface area contributed by atoms with Crippen LogP contribution in [-0.2, 0) is 6.61 Å². The molecule has 78 valence electrons. The molecule has 2 aromatic rings. The zero-order valence-corrected chi connectivity index (χ0v) is 10.5. The predicted molar refractivity (Wildman–Crippen MR) is 63.1 cm³/mol. The average molecular weight is 285 g/mol. The van der Waals surface area contributed by atoms with E-state index in [0.717, 1.165) is 21.1 Å². The van der Waals surface area contributed by atoms with Crippen LogP contribution in [0.1, 0.15) is 10.7 Å². The van der Waals surface area contributed by atoms with E-state index < -0.39 is 0 Å². The van der Waals surface area contributed by atoms with E-state index in [-0.39, 0.29) is 0 Å². The second-order valence-electron chi connectivity index (χ2n) is 2.99. The van der Waals surface area contributed by atoms with Gasteiger partial charge in [-0.3, -0.25) is 0 Å². The van der Waals surface area contributed by atoms with Crippen LogP contribution < -0.4 is 4.74 Å². The lowest BCUT2D eigenvalue weighted by Gasteiger charge is -2.02. The number of rotatable bonds is 3. The molecule has 0 saturated carbocycles. The summed E-state index contributed by atoms with van der Waals surface area (Å²) in [4.78, 5) is 8.38. The van der Waals surface area contributed by atoms with Gasteiger partial charge in [-0.2, -0.15) is 0 Å². The van der Waals surface area contributed by atoms with Gasteiger partial charge in [-0.15, -0.1) is 11.3 Å². The Bertz CT molecular complexity index is 441. The molecular formula is C10H9BrN2OS. The third-order valence-corrected chi connectivity index (χ3v) is 3.14. The summed E-state index contributed by atoms with van der Waals surface area (Å²) < 4.78 is 6.33. The van der Waals surface area contributed by atoms with Crippen molar-refractivity contribution in [1.29, 1.82) is 0 Å². The second kappa shape index (κ2) is 4.72. The zero-order valence-electron chi connectivity index (χ0n) is 8.11. The Balaban J connectivity index is 1.96. The highest BCUT2D eigenvalue weighted by Crippen LogP contribution is 2.16. The van der Waals surface area contributed by atoms with Gasteiger partial charge in [0.2, 0.25) is 0 Å². The normalized spacial score (nSPS) is 10.3. The molecule has 0 radical (unpaired) electrons.